The van der Waals surface area contributed by atoms with Crippen LogP contribution in [-0.2, 0) is 6.42 Å². The average molecular weight is 208 g/mol. The van der Waals surface area contributed by atoms with Crippen molar-refractivity contribution >= 4 is 5.69 Å². The molecule has 3 heteroatoms. The Balaban J connectivity index is 2.18. The molecule has 2 N–H and O–H groups in total. The number of hydrogen-bond donors (Lipinski definition) is 1. The van der Waals surface area contributed by atoms with Gasteiger partial charge in [-0.3, -0.25) is 0 Å². The lowest BCUT2D eigenvalue weighted by atomic mass is 10.1. The minimum atomic E-state index is -0.106. The zero-order valence-corrected chi connectivity index (χ0v) is 9.04. The van der Waals surface area contributed by atoms with Gasteiger partial charge < -0.3 is 10.6 Å². The zero-order valence-electron chi connectivity index (χ0n) is 9.04. The highest BCUT2D eigenvalue weighted by Gasteiger charge is 2.27. The van der Waals surface area contributed by atoms with Crippen LogP contribution in [0.3, 0.4) is 0 Å². The quantitative estimate of drug-likeness (QED) is 0.822. The molecule has 82 valence electrons. The monoisotopic (exact) mass is 208 g/mol. The summed E-state index contributed by atoms with van der Waals surface area (Å²) < 4.78 is 13.6. The summed E-state index contributed by atoms with van der Waals surface area (Å²) in [6.45, 7) is 0.711. The molecule has 0 bridgehead atoms. The number of nitrogens with zero attached hydrogens (tertiary/aromatic N) is 1. The van der Waals surface area contributed by atoms with E-state index in [4.69, 9.17) is 5.73 Å². The summed E-state index contributed by atoms with van der Waals surface area (Å²) in [5.74, 6) is -0.106. The Morgan fingerprint density at radius 2 is 2.33 bits per heavy atom. The first-order valence-corrected chi connectivity index (χ1v) is 5.44. The van der Waals surface area contributed by atoms with Gasteiger partial charge in [-0.1, -0.05) is 12.1 Å². The predicted molar refractivity (Wildman–Crippen MR) is 60.6 cm³/mol. The fourth-order valence-corrected chi connectivity index (χ4v) is 2.34. The Morgan fingerprint density at radius 1 is 1.53 bits per heavy atom. The van der Waals surface area contributed by atoms with E-state index in [0.717, 1.165) is 30.5 Å². The van der Waals surface area contributed by atoms with Gasteiger partial charge in [-0.25, -0.2) is 4.39 Å². The molecule has 2 nitrogen and oxygen atoms in total. The number of nitrogens with two attached hydrogens (primary N) is 1. The molecule has 1 aromatic rings. The van der Waals surface area contributed by atoms with Crippen LogP contribution in [0.4, 0.5) is 10.1 Å². The standard InChI is InChI=1S/C12H17FN2/c1-15-10(5-3-7-14)8-9-4-2-6-11(13)12(9)15/h2,4,6,10H,3,5,7-8,14H2,1H3. The molecule has 0 amide bonds. The van der Waals surface area contributed by atoms with Crippen molar-refractivity contribution in [2.24, 2.45) is 5.73 Å². The average Bonchev–Trinajstić information content (AvgIpc) is 2.54. The molecule has 1 heterocycles. The topological polar surface area (TPSA) is 29.3 Å². The third kappa shape index (κ3) is 1.84. The maximum Gasteiger partial charge on any atom is 0.146 e. The molecule has 0 aromatic heterocycles. The Hall–Kier alpha value is -1.09. The second-order valence-corrected chi connectivity index (χ2v) is 4.15. The Bertz CT molecular complexity index is 351. The maximum absolute atomic E-state index is 13.6. The van der Waals surface area contributed by atoms with E-state index in [1.165, 1.54) is 6.07 Å². The fraction of sp³-hybridized carbons (Fsp3) is 0.500. The van der Waals surface area contributed by atoms with Gasteiger partial charge in [0.25, 0.3) is 0 Å². The van der Waals surface area contributed by atoms with E-state index in [9.17, 15) is 4.39 Å². The van der Waals surface area contributed by atoms with Crippen molar-refractivity contribution in [1.82, 2.24) is 0 Å². The second-order valence-electron chi connectivity index (χ2n) is 4.15. The second kappa shape index (κ2) is 4.19. The molecule has 1 unspecified atom stereocenters. The van der Waals surface area contributed by atoms with E-state index in [1.807, 2.05) is 13.1 Å². The summed E-state index contributed by atoms with van der Waals surface area (Å²) in [5.41, 5.74) is 7.40. The summed E-state index contributed by atoms with van der Waals surface area (Å²) in [6, 6.07) is 5.74. The maximum atomic E-state index is 13.6. The van der Waals surface area contributed by atoms with Crippen molar-refractivity contribution in [1.29, 1.82) is 0 Å². The summed E-state index contributed by atoms with van der Waals surface area (Å²) in [5, 5.41) is 0. The van der Waals surface area contributed by atoms with E-state index in [-0.39, 0.29) is 5.82 Å². The Kier molecular flexibility index (Phi) is 2.91. The first-order chi connectivity index (χ1) is 7.24. The highest BCUT2D eigenvalue weighted by atomic mass is 19.1. The lowest BCUT2D eigenvalue weighted by molar-refractivity contribution is 0.574. The van der Waals surface area contributed by atoms with Crippen molar-refractivity contribution in [3.63, 3.8) is 0 Å². The summed E-state index contributed by atoms with van der Waals surface area (Å²) in [7, 11) is 1.97. The third-order valence-corrected chi connectivity index (χ3v) is 3.17. The smallest absolute Gasteiger partial charge is 0.146 e. The van der Waals surface area contributed by atoms with Gasteiger partial charge in [0.2, 0.25) is 0 Å². The van der Waals surface area contributed by atoms with Crippen LogP contribution in [0.25, 0.3) is 0 Å². The van der Waals surface area contributed by atoms with E-state index < -0.39 is 0 Å². The number of benzene rings is 1. The lowest BCUT2D eigenvalue weighted by Crippen LogP contribution is -2.28. The third-order valence-electron chi connectivity index (χ3n) is 3.17. The number of halogens is 1. The van der Waals surface area contributed by atoms with Gasteiger partial charge in [0.05, 0.1) is 5.69 Å². The van der Waals surface area contributed by atoms with Gasteiger partial charge in [-0.05, 0) is 37.4 Å². The van der Waals surface area contributed by atoms with Crippen LogP contribution >= 0.6 is 0 Å². The molecule has 0 fully saturated rings. The molecule has 1 atom stereocenters. The zero-order chi connectivity index (χ0) is 10.8. The minimum Gasteiger partial charge on any atom is -0.369 e. The van der Waals surface area contributed by atoms with Crippen molar-refractivity contribution in [2.75, 3.05) is 18.5 Å². The van der Waals surface area contributed by atoms with Gasteiger partial charge in [0.15, 0.2) is 0 Å². The molecule has 0 saturated heterocycles. The van der Waals surface area contributed by atoms with Gasteiger partial charge in [-0.2, -0.15) is 0 Å². The van der Waals surface area contributed by atoms with Gasteiger partial charge >= 0.3 is 0 Å². The molecule has 0 radical (unpaired) electrons. The van der Waals surface area contributed by atoms with Crippen LogP contribution in [0.1, 0.15) is 18.4 Å². The molecule has 1 aromatic carbocycles. The van der Waals surface area contributed by atoms with Crippen LogP contribution in [0.5, 0.6) is 0 Å². The molecule has 0 aliphatic carbocycles. The van der Waals surface area contributed by atoms with Crippen LogP contribution < -0.4 is 10.6 Å². The molecular weight excluding hydrogens is 191 g/mol. The first-order valence-electron chi connectivity index (χ1n) is 5.44. The molecule has 1 aliphatic rings. The van der Waals surface area contributed by atoms with Gasteiger partial charge in [0, 0.05) is 13.1 Å². The largest absolute Gasteiger partial charge is 0.369 e. The number of likely N-dealkylation sites (N-methyl/N-ethyl adjacent to an activating group) is 1. The normalized spacial score (nSPS) is 19.4. The van der Waals surface area contributed by atoms with Crippen molar-refractivity contribution < 1.29 is 4.39 Å². The highest BCUT2D eigenvalue weighted by Crippen LogP contribution is 2.34. The number of hydrogen-bond acceptors (Lipinski definition) is 2. The molecular formula is C12H17FN2. The predicted octanol–water partition coefficient (Wildman–Crippen LogP) is 1.93. The van der Waals surface area contributed by atoms with Crippen molar-refractivity contribution in [2.45, 2.75) is 25.3 Å². The molecule has 0 spiro atoms. The number of rotatable bonds is 3. The van der Waals surface area contributed by atoms with Crippen molar-refractivity contribution in [3.05, 3.63) is 29.6 Å². The van der Waals surface area contributed by atoms with Crippen LogP contribution in [0, 0.1) is 5.82 Å². The highest BCUT2D eigenvalue weighted by molar-refractivity contribution is 5.59. The number of anilines is 1. The van der Waals surface area contributed by atoms with E-state index in [0.29, 0.717) is 12.6 Å². The van der Waals surface area contributed by atoms with Gasteiger partial charge in [0.1, 0.15) is 5.82 Å². The van der Waals surface area contributed by atoms with Gasteiger partial charge in [-0.15, -0.1) is 0 Å². The minimum absolute atomic E-state index is 0.106. The SMILES string of the molecule is CN1c2c(F)cccc2CC1CCCN. The molecule has 15 heavy (non-hydrogen) atoms. The van der Waals surface area contributed by atoms with Crippen LogP contribution in [0.2, 0.25) is 0 Å². The summed E-state index contributed by atoms with van der Waals surface area (Å²) >= 11 is 0. The summed E-state index contributed by atoms with van der Waals surface area (Å²) in [6.07, 6.45) is 3.00. The molecule has 1 aliphatic heterocycles. The van der Waals surface area contributed by atoms with Crippen molar-refractivity contribution in [3.8, 4) is 0 Å². The van der Waals surface area contributed by atoms with Crippen LogP contribution in [-0.4, -0.2) is 19.6 Å². The number of para-hydroxylation sites is 1. The fourth-order valence-electron chi connectivity index (χ4n) is 2.34. The summed E-state index contributed by atoms with van der Waals surface area (Å²) in [4.78, 5) is 2.06. The Labute approximate surface area is 89.9 Å². The number of fused-ring (bicyclic) bond motifs is 1. The molecule has 0 saturated carbocycles. The van der Waals surface area contributed by atoms with E-state index in [2.05, 4.69) is 4.90 Å². The van der Waals surface area contributed by atoms with E-state index >= 15 is 0 Å². The molecule has 2 rings (SSSR count). The van der Waals surface area contributed by atoms with E-state index in [1.54, 1.807) is 6.07 Å². The Morgan fingerprint density at radius 3 is 3.00 bits per heavy atom. The first kappa shape index (κ1) is 10.4. The lowest BCUT2D eigenvalue weighted by Gasteiger charge is -2.22. The van der Waals surface area contributed by atoms with Crippen LogP contribution in [0.15, 0.2) is 18.2 Å².